The Morgan fingerprint density at radius 2 is 2.20 bits per heavy atom. The zero-order chi connectivity index (χ0) is 11.1. The Morgan fingerprint density at radius 1 is 1.53 bits per heavy atom. The van der Waals surface area contributed by atoms with Crippen LogP contribution in [-0.2, 0) is 11.8 Å². The van der Waals surface area contributed by atoms with E-state index in [9.17, 15) is 9.59 Å². The molecule has 1 saturated carbocycles. The van der Waals surface area contributed by atoms with Gasteiger partial charge in [-0.05, 0) is 12.8 Å². The summed E-state index contributed by atoms with van der Waals surface area (Å²) in [7, 11) is 1.69. The van der Waals surface area contributed by atoms with Gasteiger partial charge in [-0.25, -0.2) is 0 Å². The molecule has 15 heavy (non-hydrogen) atoms. The lowest BCUT2D eigenvalue weighted by atomic mass is 9.98. The van der Waals surface area contributed by atoms with E-state index >= 15 is 0 Å². The monoisotopic (exact) mass is 207 g/mol. The largest absolute Gasteiger partial charge is 0.299 e. The van der Waals surface area contributed by atoms with Crippen molar-refractivity contribution in [3.05, 3.63) is 11.9 Å². The third-order valence-corrected chi connectivity index (χ3v) is 2.88. The third kappa shape index (κ3) is 1.95. The fourth-order valence-corrected chi connectivity index (χ4v) is 1.39. The smallest absolute Gasteiger partial charge is 0.192 e. The summed E-state index contributed by atoms with van der Waals surface area (Å²) in [6.45, 7) is 1.90. The summed E-state index contributed by atoms with van der Waals surface area (Å²) in [6, 6.07) is 0. The van der Waals surface area contributed by atoms with Crippen LogP contribution in [0, 0.1) is 5.41 Å². The standard InChI is InChI=1S/C10H13N3O2/c1-10(3-4-10)9(15)5-8(14)7-6-13(2)12-11-7/h6H,3-5H2,1-2H3. The molecule has 0 atom stereocenters. The minimum absolute atomic E-state index is 0.0261. The molecule has 0 unspecified atom stereocenters. The number of carbonyl (C=O) groups is 2. The van der Waals surface area contributed by atoms with Crippen LogP contribution in [0.1, 0.15) is 36.7 Å². The normalized spacial score (nSPS) is 17.5. The summed E-state index contributed by atoms with van der Waals surface area (Å²) in [5, 5.41) is 7.34. The fourth-order valence-electron chi connectivity index (χ4n) is 1.39. The van der Waals surface area contributed by atoms with Crippen LogP contribution in [0.3, 0.4) is 0 Å². The first kappa shape index (κ1) is 10.0. The second-order valence-corrected chi connectivity index (χ2v) is 4.36. The SMILES string of the molecule is Cn1cc(C(=O)CC(=O)C2(C)CC2)nn1. The second kappa shape index (κ2) is 3.25. The van der Waals surface area contributed by atoms with Crippen LogP contribution in [0.25, 0.3) is 0 Å². The Kier molecular flexibility index (Phi) is 2.17. The molecule has 1 aromatic rings. The van der Waals surface area contributed by atoms with Crippen molar-refractivity contribution in [2.75, 3.05) is 0 Å². The van der Waals surface area contributed by atoms with E-state index in [1.807, 2.05) is 6.92 Å². The summed E-state index contributed by atoms with van der Waals surface area (Å²) < 4.78 is 1.45. The van der Waals surface area contributed by atoms with Crippen LogP contribution in [0.4, 0.5) is 0 Å². The Labute approximate surface area is 87.5 Å². The van der Waals surface area contributed by atoms with Gasteiger partial charge in [-0.15, -0.1) is 5.10 Å². The van der Waals surface area contributed by atoms with Crippen molar-refractivity contribution in [1.29, 1.82) is 0 Å². The molecule has 5 nitrogen and oxygen atoms in total. The van der Waals surface area contributed by atoms with Crippen molar-refractivity contribution in [1.82, 2.24) is 15.0 Å². The lowest BCUT2D eigenvalue weighted by molar-refractivity contribution is -0.122. The van der Waals surface area contributed by atoms with Gasteiger partial charge in [-0.1, -0.05) is 12.1 Å². The van der Waals surface area contributed by atoms with Gasteiger partial charge in [0.15, 0.2) is 5.78 Å². The third-order valence-electron chi connectivity index (χ3n) is 2.88. The molecule has 80 valence electrons. The van der Waals surface area contributed by atoms with E-state index in [4.69, 9.17) is 0 Å². The summed E-state index contributed by atoms with van der Waals surface area (Å²) in [5.74, 6) is -0.209. The number of nitrogens with zero attached hydrogens (tertiary/aromatic N) is 3. The number of hydrogen-bond donors (Lipinski definition) is 0. The summed E-state index contributed by atoms with van der Waals surface area (Å²) in [4.78, 5) is 23.2. The Balaban J connectivity index is 2.01. The van der Waals surface area contributed by atoms with Crippen LogP contribution in [0.2, 0.25) is 0 Å². The van der Waals surface area contributed by atoms with E-state index in [2.05, 4.69) is 10.3 Å². The first-order valence-corrected chi connectivity index (χ1v) is 4.94. The summed E-state index contributed by atoms with van der Waals surface area (Å²) in [6.07, 6.45) is 3.29. The van der Waals surface area contributed by atoms with Gasteiger partial charge >= 0.3 is 0 Å². The molecule has 1 aliphatic rings. The molecule has 0 N–H and O–H groups in total. The van der Waals surface area contributed by atoms with Gasteiger partial charge in [0.25, 0.3) is 0 Å². The van der Waals surface area contributed by atoms with Crippen molar-refractivity contribution >= 4 is 11.6 Å². The highest BCUT2D eigenvalue weighted by atomic mass is 16.2. The number of aryl methyl sites for hydroxylation is 1. The van der Waals surface area contributed by atoms with E-state index in [0.29, 0.717) is 0 Å². The molecule has 0 saturated heterocycles. The molecule has 1 fully saturated rings. The number of rotatable bonds is 4. The van der Waals surface area contributed by atoms with Crippen molar-refractivity contribution in [3.63, 3.8) is 0 Å². The van der Waals surface area contributed by atoms with Gasteiger partial charge in [-0.3, -0.25) is 14.3 Å². The predicted octanol–water partition coefficient (Wildman–Crippen LogP) is 0.757. The average molecular weight is 207 g/mol. The van der Waals surface area contributed by atoms with Gasteiger partial charge in [0.2, 0.25) is 0 Å². The highest BCUT2D eigenvalue weighted by Gasteiger charge is 2.44. The van der Waals surface area contributed by atoms with E-state index in [1.54, 1.807) is 7.05 Å². The van der Waals surface area contributed by atoms with E-state index < -0.39 is 0 Å². The first-order valence-electron chi connectivity index (χ1n) is 4.94. The molecule has 5 heteroatoms. The fraction of sp³-hybridized carbons (Fsp3) is 0.600. The van der Waals surface area contributed by atoms with Crippen LogP contribution >= 0.6 is 0 Å². The Hall–Kier alpha value is -1.52. The summed E-state index contributed by atoms with van der Waals surface area (Å²) >= 11 is 0. The quantitative estimate of drug-likeness (QED) is 0.540. The molecule has 0 radical (unpaired) electrons. The second-order valence-electron chi connectivity index (χ2n) is 4.36. The van der Waals surface area contributed by atoms with Gasteiger partial charge in [0.05, 0.1) is 12.6 Å². The lowest BCUT2D eigenvalue weighted by Gasteiger charge is -2.03. The van der Waals surface area contributed by atoms with Crippen molar-refractivity contribution in [2.45, 2.75) is 26.2 Å². The minimum Gasteiger partial charge on any atom is -0.299 e. The molecule has 2 rings (SSSR count). The molecule has 1 aliphatic carbocycles. The van der Waals surface area contributed by atoms with E-state index in [-0.39, 0.29) is 29.1 Å². The molecule has 0 aromatic carbocycles. The van der Waals surface area contributed by atoms with Crippen LogP contribution in [-0.4, -0.2) is 26.6 Å². The van der Waals surface area contributed by atoms with E-state index in [1.165, 1.54) is 10.9 Å². The maximum atomic E-state index is 11.6. The maximum absolute atomic E-state index is 11.6. The number of hydrogen-bond acceptors (Lipinski definition) is 4. The molecular formula is C10H13N3O2. The van der Waals surface area contributed by atoms with Crippen LogP contribution in [0.5, 0.6) is 0 Å². The van der Waals surface area contributed by atoms with E-state index in [0.717, 1.165) is 12.8 Å². The number of Topliss-reactive ketones (excluding diaryl/α,β-unsaturated/α-hetero) is 2. The Morgan fingerprint density at radius 3 is 2.67 bits per heavy atom. The lowest BCUT2D eigenvalue weighted by Crippen LogP contribution is -2.16. The molecule has 1 aromatic heterocycles. The van der Waals surface area contributed by atoms with Crippen molar-refractivity contribution < 1.29 is 9.59 Å². The number of ketones is 2. The highest BCUT2D eigenvalue weighted by molar-refractivity contribution is 6.09. The molecule has 0 aliphatic heterocycles. The summed E-state index contributed by atoms with van der Waals surface area (Å²) in [5.41, 5.74) is 0.0350. The number of aromatic nitrogens is 3. The van der Waals surface area contributed by atoms with Gasteiger partial charge in [0.1, 0.15) is 11.5 Å². The van der Waals surface area contributed by atoms with Gasteiger partial charge in [-0.2, -0.15) is 0 Å². The van der Waals surface area contributed by atoms with Crippen molar-refractivity contribution in [3.8, 4) is 0 Å². The van der Waals surface area contributed by atoms with Crippen LogP contribution < -0.4 is 0 Å². The molecule has 0 amide bonds. The zero-order valence-corrected chi connectivity index (χ0v) is 8.86. The van der Waals surface area contributed by atoms with Gasteiger partial charge < -0.3 is 0 Å². The average Bonchev–Trinajstić information content (AvgIpc) is 2.77. The first-order chi connectivity index (χ1) is 7.01. The molecule has 1 heterocycles. The molecule has 0 bridgehead atoms. The Bertz CT molecular complexity index is 418. The topological polar surface area (TPSA) is 64.8 Å². The van der Waals surface area contributed by atoms with Crippen molar-refractivity contribution in [2.24, 2.45) is 12.5 Å². The predicted molar refractivity (Wildman–Crippen MR) is 52.3 cm³/mol. The van der Waals surface area contributed by atoms with Gasteiger partial charge in [0, 0.05) is 12.5 Å². The zero-order valence-electron chi connectivity index (χ0n) is 8.86. The minimum atomic E-state index is -0.238. The molecule has 0 spiro atoms. The maximum Gasteiger partial charge on any atom is 0.192 e. The number of carbonyl (C=O) groups excluding carboxylic acids is 2. The molecular weight excluding hydrogens is 194 g/mol. The highest BCUT2D eigenvalue weighted by Crippen LogP contribution is 2.46. The van der Waals surface area contributed by atoms with Crippen LogP contribution in [0.15, 0.2) is 6.20 Å².